The number of hydrogen-bond acceptors (Lipinski definition) is 6. The van der Waals surface area contributed by atoms with E-state index in [9.17, 15) is 9.59 Å². The van der Waals surface area contributed by atoms with Crippen LogP contribution >= 0.6 is 0 Å². The molecule has 0 fully saturated rings. The first kappa shape index (κ1) is 14.8. The van der Waals surface area contributed by atoms with Gasteiger partial charge in [0.2, 0.25) is 11.5 Å². The Morgan fingerprint density at radius 3 is 2.78 bits per heavy atom. The van der Waals surface area contributed by atoms with Crippen LogP contribution in [0.2, 0.25) is 0 Å². The number of nitrogens with zero attached hydrogens (tertiary/aromatic N) is 1. The number of aryl methyl sites for hydroxylation is 1. The monoisotopic (exact) mass is 314 g/mol. The number of nitrogens with one attached hydrogen (secondary N) is 1. The van der Waals surface area contributed by atoms with Crippen molar-refractivity contribution >= 4 is 28.5 Å². The molecule has 0 unspecified atom stereocenters. The maximum atomic E-state index is 12.3. The van der Waals surface area contributed by atoms with Gasteiger partial charge in [-0.1, -0.05) is 17.3 Å². The first-order valence-corrected chi connectivity index (χ1v) is 7.03. The number of carbonyl (C=O) groups excluding carboxylic acids is 2. The van der Waals surface area contributed by atoms with Gasteiger partial charge >= 0.3 is 5.97 Å². The van der Waals surface area contributed by atoms with Crippen molar-refractivity contribution in [3.05, 3.63) is 47.5 Å². The van der Waals surface area contributed by atoms with Crippen LogP contribution in [-0.4, -0.2) is 23.6 Å². The summed E-state index contributed by atoms with van der Waals surface area (Å²) in [7, 11) is 0. The van der Waals surface area contributed by atoms with Crippen LogP contribution in [0.25, 0.3) is 11.0 Å². The molecule has 23 heavy (non-hydrogen) atoms. The topological polar surface area (TPSA) is 94.6 Å². The van der Waals surface area contributed by atoms with Crippen LogP contribution in [0, 0.1) is 6.92 Å². The molecule has 118 valence electrons. The number of anilines is 1. The number of benzene rings is 1. The number of furan rings is 1. The molecule has 0 atom stereocenters. The lowest BCUT2D eigenvalue weighted by molar-refractivity contribution is 0.0494. The van der Waals surface area contributed by atoms with Crippen molar-refractivity contribution in [1.82, 2.24) is 5.16 Å². The maximum absolute atomic E-state index is 12.3. The highest BCUT2D eigenvalue weighted by atomic mass is 16.5. The summed E-state index contributed by atoms with van der Waals surface area (Å²) in [4.78, 5) is 24.3. The Morgan fingerprint density at radius 1 is 1.30 bits per heavy atom. The van der Waals surface area contributed by atoms with Crippen molar-refractivity contribution in [2.75, 3.05) is 11.9 Å². The van der Waals surface area contributed by atoms with Gasteiger partial charge in [-0.3, -0.25) is 4.79 Å². The summed E-state index contributed by atoms with van der Waals surface area (Å²) < 4.78 is 15.4. The number of para-hydroxylation sites is 1. The number of ether oxygens (including phenoxy) is 1. The first-order chi connectivity index (χ1) is 11.1. The molecule has 0 saturated heterocycles. The highest BCUT2D eigenvalue weighted by molar-refractivity contribution is 6.12. The summed E-state index contributed by atoms with van der Waals surface area (Å²) in [6, 6.07) is 8.49. The lowest BCUT2D eigenvalue weighted by Crippen LogP contribution is -2.14. The van der Waals surface area contributed by atoms with E-state index in [2.05, 4.69) is 10.5 Å². The molecule has 0 bridgehead atoms. The minimum atomic E-state index is -0.646. The zero-order chi connectivity index (χ0) is 16.4. The Balaban J connectivity index is 2.02. The quantitative estimate of drug-likeness (QED) is 0.743. The van der Waals surface area contributed by atoms with Crippen LogP contribution in [0.4, 0.5) is 5.69 Å². The van der Waals surface area contributed by atoms with Crippen LogP contribution in [0.3, 0.4) is 0 Å². The molecule has 7 heteroatoms. The lowest BCUT2D eigenvalue weighted by Gasteiger charge is -2.04. The van der Waals surface area contributed by atoms with E-state index in [1.165, 1.54) is 6.07 Å². The van der Waals surface area contributed by atoms with Gasteiger partial charge in [-0.25, -0.2) is 4.79 Å². The molecular formula is C16H14N2O5. The maximum Gasteiger partial charge on any atom is 0.376 e. The highest BCUT2D eigenvalue weighted by Crippen LogP contribution is 2.31. The molecule has 0 radical (unpaired) electrons. The molecule has 7 nitrogen and oxygen atoms in total. The minimum Gasteiger partial charge on any atom is -0.460 e. The summed E-state index contributed by atoms with van der Waals surface area (Å²) in [5.74, 6) is -1.18. The number of fused-ring (bicyclic) bond motifs is 1. The fourth-order valence-corrected chi connectivity index (χ4v) is 2.16. The summed E-state index contributed by atoms with van der Waals surface area (Å²) >= 11 is 0. The van der Waals surface area contributed by atoms with Crippen molar-refractivity contribution in [3.8, 4) is 0 Å². The molecule has 0 spiro atoms. The number of aromatic nitrogens is 1. The van der Waals surface area contributed by atoms with Gasteiger partial charge in [0.15, 0.2) is 0 Å². The van der Waals surface area contributed by atoms with Crippen LogP contribution in [0.5, 0.6) is 0 Å². The molecule has 1 N–H and O–H groups in total. The van der Waals surface area contributed by atoms with Gasteiger partial charge in [-0.05, 0) is 26.0 Å². The third-order valence-corrected chi connectivity index (χ3v) is 3.15. The van der Waals surface area contributed by atoms with Gasteiger partial charge in [0.05, 0.1) is 12.3 Å². The van der Waals surface area contributed by atoms with E-state index in [-0.39, 0.29) is 23.8 Å². The van der Waals surface area contributed by atoms with Gasteiger partial charge < -0.3 is 19.0 Å². The Labute approximate surface area is 131 Å². The average Bonchev–Trinajstić information content (AvgIpc) is 3.12. The smallest absolute Gasteiger partial charge is 0.376 e. The first-order valence-electron chi connectivity index (χ1n) is 7.03. The number of esters is 1. The Bertz CT molecular complexity index is 878. The van der Waals surface area contributed by atoms with Crippen molar-refractivity contribution in [2.45, 2.75) is 13.8 Å². The van der Waals surface area contributed by atoms with Crippen molar-refractivity contribution in [1.29, 1.82) is 0 Å². The summed E-state index contributed by atoms with van der Waals surface area (Å²) in [5, 5.41) is 6.90. The van der Waals surface area contributed by atoms with E-state index in [0.29, 0.717) is 16.7 Å². The van der Waals surface area contributed by atoms with Gasteiger partial charge in [-0.15, -0.1) is 0 Å². The number of amides is 1. The fourth-order valence-electron chi connectivity index (χ4n) is 2.16. The molecule has 2 aromatic heterocycles. The van der Waals surface area contributed by atoms with Gasteiger partial charge in [0.1, 0.15) is 11.3 Å². The van der Waals surface area contributed by atoms with Crippen molar-refractivity contribution < 1.29 is 23.3 Å². The van der Waals surface area contributed by atoms with Crippen LogP contribution in [0.15, 0.2) is 39.3 Å². The molecule has 2 heterocycles. The SMILES string of the molecule is CCOC(=O)c1oc2ccccc2c1NC(=O)c1cc(C)no1. The van der Waals surface area contributed by atoms with Crippen LogP contribution < -0.4 is 5.32 Å². The van der Waals surface area contributed by atoms with E-state index in [1.54, 1.807) is 38.1 Å². The van der Waals surface area contributed by atoms with Gasteiger partial charge in [0.25, 0.3) is 5.91 Å². The molecule has 3 aromatic rings. The second kappa shape index (κ2) is 5.96. The molecule has 1 aromatic carbocycles. The normalized spacial score (nSPS) is 10.7. The van der Waals surface area contributed by atoms with Crippen LogP contribution in [-0.2, 0) is 4.74 Å². The molecule has 3 rings (SSSR count). The van der Waals surface area contributed by atoms with E-state index >= 15 is 0 Å². The van der Waals surface area contributed by atoms with E-state index in [0.717, 1.165) is 0 Å². The molecule has 0 aliphatic heterocycles. The number of rotatable bonds is 4. The molecule has 0 saturated carbocycles. The standard InChI is InChI=1S/C16H14N2O5/c1-3-21-16(20)14-13(10-6-4-5-7-11(10)22-14)17-15(19)12-8-9(2)18-23-12/h4-8H,3H2,1-2H3,(H,17,19). The number of hydrogen-bond donors (Lipinski definition) is 1. The van der Waals surface area contributed by atoms with E-state index in [1.807, 2.05) is 0 Å². The number of carbonyl (C=O) groups is 2. The van der Waals surface area contributed by atoms with E-state index < -0.39 is 11.9 Å². The summed E-state index contributed by atoms with van der Waals surface area (Å²) in [6.45, 7) is 3.60. The second-order valence-electron chi connectivity index (χ2n) is 4.81. The third kappa shape index (κ3) is 2.80. The third-order valence-electron chi connectivity index (χ3n) is 3.15. The predicted molar refractivity (Wildman–Crippen MR) is 81.4 cm³/mol. The van der Waals surface area contributed by atoms with Crippen molar-refractivity contribution in [2.24, 2.45) is 0 Å². The van der Waals surface area contributed by atoms with Crippen molar-refractivity contribution in [3.63, 3.8) is 0 Å². The molecule has 0 aliphatic rings. The molecule has 1 amide bonds. The van der Waals surface area contributed by atoms with Gasteiger partial charge in [-0.2, -0.15) is 0 Å². The van der Waals surface area contributed by atoms with Crippen LogP contribution in [0.1, 0.15) is 33.7 Å². The fraction of sp³-hybridized carbons (Fsp3) is 0.188. The summed E-state index contributed by atoms with van der Waals surface area (Å²) in [5.41, 5.74) is 1.30. The van der Waals surface area contributed by atoms with Gasteiger partial charge in [0, 0.05) is 11.5 Å². The Kier molecular flexibility index (Phi) is 3.84. The van der Waals surface area contributed by atoms with E-state index in [4.69, 9.17) is 13.7 Å². The highest BCUT2D eigenvalue weighted by Gasteiger charge is 2.24. The average molecular weight is 314 g/mol. The minimum absolute atomic E-state index is 0.0441. The lowest BCUT2D eigenvalue weighted by atomic mass is 10.2. The Morgan fingerprint density at radius 2 is 2.09 bits per heavy atom. The second-order valence-corrected chi connectivity index (χ2v) is 4.81. The molecule has 0 aliphatic carbocycles. The molecular weight excluding hydrogens is 300 g/mol. The predicted octanol–water partition coefficient (Wildman–Crippen LogP) is 3.16. The zero-order valence-corrected chi connectivity index (χ0v) is 12.6. The Hall–Kier alpha value is -3.09. The largest absolute Gasteiger partial charge is 0.460 e. The zero-order valence-electron chi connectivity index (χ0n) is 12.6. The summed E-state index contributed by atoms with van der Waals surface area (Å²) in [6.07, 6.45) is 0.